The zero-order valence-electron chi connectivity index (χ0n) is 34.5. The number of hydrogen-bond donors (Lipinski definition) is 2. The maximum Gasteiger partial charge on any atom is 0.322 e. The first-order valence-electron chi connectivity index (χ1n) is 20.8. The number of halogens is 2. The van der Waals surface area contributed by atoms with Crippen LogP contribution in [0.3, 0.4) is 0 Å². The Bertz CT molecular complexity index is 2300. The fraction of sp³-hybridized carbons (Fsp3) is 0.455. The second kappa shape index (κ2) is 17.0. The molecule has 2 N–H and O–H groups in total. The maximum atomic E-state index is 15.6. The van der Waals surface area contributed by atoms with Crippen LogP contribution in [-0.2, 0) is 9.59 Å². The van der Waals surface area contributed by atoms with Gasteiger partial charge in [0.05, 0.1) is 35.2 Å². The van der Waals surface area contributed by atoms with E-state index in [-0.39, 0.29) is 47.4 Å². The van der Waals surface area contributed by atoms with Crippen molar-refractivity contribution in [3.63, 3.8) is 0 Å². The second-order valence-electron chi connectivity index (χ2n) is 16.6. The topological polar surface area (TPSA) is 162 Å². The lowest BCUT2D eigenvalue weighted by Crippen LogP contribution is -2.59. The van der Waals surface area contributed by atoms with Crippen molar-refractivity contribution in [2.45, 2.75) is 57.7 Å². The number of amides is 6. The van der Waals surface area contributed by atoms with Crippen molar-refractivity contribution < 1.29 is 37.5 Å². The molecule has 0 bridgehead atoms. The largest absolute Gasteiger partial charge is 0.495 e. The highest BCUT2D eigenvalue weighted by Crippen LogP contribution is 2.34. The number of fused-ring (bicyclic) bond motifs is 1. The predicted molar refractivity (Wildman–Crippen MR) is 223 cm³/mol. The van der Waals surface area contributed by atoms with E-state index in [9.17, 15) is 29.2 Å². The lowest BCUT2D eigenvalue weighted by atomic mass is 9.95. The van der Waals surface area contributed by atoms with E-state index in [1.165, 1.54) is 13.2 Å². The van der Waals surface area contributed by atoms with E-state index in [1.807, 2.05) is 30.9 Å². The molecule has 61 heavy (non-hydrogen) atoms. The number of urea groups is 1. The number of hydrogen-bond acceptors (Lipinski definition) is 11. The van der Waals surface area contributed by atoms with Crippen molar-refractivity contribution >= 4 is 52.4 Å². The summed E-state index contributed by atoms with van der Waals surface area (Å²) < 4.78 is 36.5. The molecule has 3 aromatic rings. The smallest absolute Gasteiger partial charge is 0.322 e. The molecule has 320 valence electrons. The van der Waals surface area contributed by atoms with Crippen molar-refractivity contribution in [1.29, 1.82) is 5.26 Å². The van der Waals surface area contributed by atoms with E-state index >= 15 is 8.78 Å². The minimum absolute atomic E-state index is 0.0637. The van der Waals surface area contributed by atoms with E-state index in [4.69, 9.17) is 4.74 Å². The number of nitrogens with zero attached hydrogens (tertiary/aromatic N) is 7. The van der Waals surface area contributed by atoms with Crippen molar-refractivity contribution in [3.8, 4) is 11.8 Å². The molecule has 3 aromatic carbocycles. The molecule has 15 nitrogen and oxygen atoms in total. The Kier molecular flexibility index (Phi) is 11.6. The minimum atomic E-state index is -1.01. The zero-order valence-corrected chi connectivity index (χ0v) is 34.5. The van der Waals surface area contributed by atoms with Crippen LogP contribution >= 0.6 is 0 Å². The van der Waals surface area contributed by atoms with Crippen LogP contribution < -0.4 is 30.1 Å². The summed E-state index contributed by atoms with van der Waals surface area (Å²) in [4.78, 5) is 75.1. The Labute approximate surface area is 352 Å². The number of imide groups is 2. The molecule has 0 saturated carbocycles. The summed E-state index contributed by atoms with van der Waals surface area (Å²) in [5.74, 6) is -2.57. The number of piperidine rings is 2. The number of piperazine rings is 2. The van der Waals surface area contributed by atoms with Gasteiger partial charge in [-0.25, -0.2) is 13.6 Å². The van der Waals surface area contributed by atoms with Crippen LogP contribution in [0.5, 0.6) is 5.75 Å². The summed E-state index contributed by atoms with van der Waals surface area (Å²) >= 11 is 0. The Morgan fingerprint density at radius 2 is 1.56 bits per heavy atom. The number of methoxy groups -OCH3 is 1. The molecule has 5 aliphatic heterocycles. The minimum Gasteiger partial charge on any atom is -0.495 e. The summed E-state index contributed by atoms with van der Waals surface area (Å²) in [5, 5.41) is 14.2. The summed E-state index contributed by atoms with van der Waals surface area (Å²) in [7, 11) is 1.51. The van der Waals surface area contributed by atoms with Gasteiger partial charge in [0.15, 0.2) is 0 Å². The molecule has 0 aromatic heterocycles. The van der Waals surface area contributed by atoms with Gasteiger partial charge >= 0.3 is 6.03 Å². The van der Waals surface area contributed by atoms with E-state index in [0.717, 1.165) is 54.8 Å². The molecule has 0 aliphatic carbocycles. The second-order valence-corrected chi connectivity index (χ2v) is 16.6. The summed E-state index contributed by atoms with van der Waals surface area (Å²) in [6.07, 6.45) is 1.78. The van der Waals surface area contributed by atoms with Crippen LogP contribution in [0.4, 0.5) is 36.3 Å². The Morgan fingerprint density at radius 3 is 2.26 bits per heavy atom. The lowest BCUT2D eigenvalue weighted by molar-refractivity contribution is -0.136. The van der Waals surface area contributed by atoms with Gasteiger partial charge in [-0.05, 0) is 69.4 Å². The number of nitrogens with one attached hydrogen (secondary N) is 2. The van der Waals surface area contributed by atoms with Gasteiger partial charge in [0.2, 0.25) is 11.8 Å². The molecule has 6 amide bonds. The van der Waals surface area contributed by atoms with Crippen molar-refractivity contribution in [1.82, 2.24) is 20.0 Å². The molecule has 17 heteroatoms. The zero-order chi connectivity index (χ0) is 43.1. The Balaban J connectivity index is 0.808. The SMILES string of the molecule is COc1cc(N2C[C@@H](C)N(C(=O)Nc3cc(F)c(N4CCC(CN5CCN(c6ccc7c(c6)C(=O)N(C6CCC(=O)NC6=O)C7=O)CC5)CC4)cc3F)C[C@@H]2C)ccc1C#N. The fourth-order valence-electron chi connectivity index (χ4n) is 9.35. The Hall–Kier alpha value is -6.28. The third kappa shape index (κ3) is 8.16. The van der Waals surface area contributed by atoms with Crippen molar-refractivity contribution in [3.05, 3.63) is 76.9 Å². The molecule has 5 aliphatic rings. The van der Waals surface area contributed by atoms with Gasteiger partial charge < -0.3 is 29.7 Å². The molecule has 3 atom stereocenters. The average Bonchev–Trinajstić information content (AvgIpc) is 3.50. The third-order valence-corrected chi connectivity index (χ3v) is 12.8. The fourth-order valence-corrected chi connectivity index (χ4v) is 9.35. The quantitative estimate of drug-likeness (QED) is 0.309. The normalized spacial score (nSPS) is 22.6. The molecular formula is C44H49F2N9O6. The van der Waals surface area contributed by atoms with E-state index < -0.39 is 47.3 Å². The van der Waals surface area contributed by atoms with Gasteiger partial charge in [0.25, 0.3) is 11.8 Å². The van der Waals surface area contributed by atoms with Gasteiger partial charge in [-0.2, -0.15) is 5.26 Å². The number of rotatable bonds is 8. The van der Waals surface area contributed by atoms with E-state index in [0.29, 0.717) is 56.5 Å². The highest BCUT2D eigenvalue weighted by Gasteiger charge is 2.45. The van der Waals surface area contributed by atoms with Crippen molar-refractivity contribution in [2.75, 3.05) is 86.0 Å². The third-order valence-electron chi connectivity index (χ3n) is 12.8. The molecule has 4 saturated heterocycles. The van der Waals surface area contributed by atoms with Crippen LogP contribution in [0.1, 0.15) is 65.8 Å². The molecule has 0 spiro atoms. The first-order valence-corrected chi connectivity index (χ1v) is 20.8. The highest BCUT2D eigenvalue weighted by atomic mass is 19.1. The van der Waals surface area contributed by atoms with Gasteiger partial charge in [-0.15, -0.1) is 0 Å². The first-order chi connectivity index (χ1) is 29.3. The highest BCUT2D eigenvalue weighted by molar-refractivity contribution is 6.23. The number of anilines is 4. The van der Waals surface area contributed by atoms with Gasteiger partial charge in [-0.3, -0.25) is 34.3 Å². The summed E-state index contributed by atoms with van der Waals surface area (Å²) in [5.41, 5.74) is 2.58. The molecular weight excluding hydrogens is 789 g/mol. The predicted octanol–water partition coefficient (Wildman–Crippen LogP) is 4.42. The molecule has 1 unspecified atom stereocenters. The number of carbonyl (C=O) groups excluding carboxylic acids is 5. The molecule has 8 rings (SSSR count). The van der Waals surface area contributed by atoms with E-state index in [1.54, 1.807) is 29.2 Å². The number of ether oxygens (including phenoxy) is 1. The van der Waals surface area contributed by atoms with Crippen LogP contribution in [-0.4, -0.2) is 128 Å². The number of carbonyl (C=O) groups is 5. The first kappa shape index (κ1) is 41.5. The number of nitriles is 1. The average molecular weight is 838 g/mol. The van der Waals surface area contributed by atoms with Crippen LogP contribution in [0.2, 0.25) is 0 Å². The monoisotopic (exact) mass is 837 g/mol. The summed E-state index contributed by atoms with van der Waals surface area (Å²) in [6, 6.07) is 13.0. The van der Waals surface area contributed by atoms with Crippen LogP contribution in [0.15, 0.2) is 48.5 Å². The number of benzene rings is 3. The molecule has 0 radical (unpaired) electrons. The molecule has 4 fully saturated rings. The summed E-state index contributed by atoms with van der Waals surface area (Å²) in [6.45, 7) is 9.72. The Morgan fingerprint density at radius 1 is 0.836 bits per heavy atom. The standard InChI is InChI=1S/C44H49F2N9O6/c1-26-24-54(27(2)23-53(26)31-5-4-29(22-47)39(19-31)61-3)44(60)48-36-20-35(46)38(21-34(36)45)52-12-10-28(11-13-52)25-50-14-16-51(17-15-50)30-6-7-32-33(18-30)43(59)55(42(32)58)37-8-9-40(56)49-41(37)57/h4-7,18-21,26-28,37H,8-17,23-25H2,1-3H3,(H,48,60)(H,49,56,57)/t26-,27+,37?/m0/s1. The van der Waals surface area contributed by atoms with Crippen LogP contribution in [0.25, 0.3) is 0 Å². The maximum absolute atomic E-state index is 15.6. The van der Waals surface area contributed by atoms with Crippen LogP contribution in [0, 0.1) is 28.9 Å². The van der Waals surface area contributed by atoms with E-state index in [2.05, 4.69) is 31.4 Å². The van der Waals surface area contributed by atoms with Crippen molar-refractivity contribution in [2.24, 2.45) is 5.92 Å². The van der Waals surface area contributed by atoms with Gasteiger partial charge in [0, 0.05) is 107 Å². The van der Waals surface area contributed by atoms with Gasteiger partial charge in [0.1, 0.15) is 29.5 Å². The van der Waals surface area contributed by atoms with Gasteiger partial charge in [-0.1, -0.05) is 0 Å². The molecule has 5 heterocycles. The lowest BCUT2D eigenvalue weighted by Gasteiger charge is -2.45.